The zero-order valence-electron chi connectivity index (χ0n) is 16.9. The van der Waals surface area contributed by atoms with Crippen LogP contribution in [0.4, 0.5) is 0 Å². The Kier molecular flexibility index (Phi) is 12.1. The first kappa shape index (κ1) is 27.3. The van der Waals surface area contributed by atoms with Crippen molar-refractivity contribution < 1.29 is 19.2 Å². The molecule has 167 valence electrons. The quantitative estimate of drug-likeness (QED) is 0.0822. The second kappa shape index (κ2) is 13.7. The summed E-state index contributed by atoms with van der Waals surface area (Å²) in [6.07, 6.45) is 2.82. The Morgan fingerprint density at radius 1 is 1.06 bits per heavy atom. The number of halogens is 2. The molecule has 0 spiro atoms. The molecule has 0 aromatic rings. The fourth-order valence-electron chi connectivity index (χ4n) is 3.13. The number of carbonyl (C=O) groups is 4. The van der Waals surface area contributed by atoms with Gasteiger partial charge >= 0.3 is 0 Å². The van der Waals surface area contributed by atoms with E-state index in [9.17, 15) is 19.2 Å². The summed E-state index contributed by atoms with van der Waals surface area (Å²) in [6, 6.07) is 0. The number of hydrogen-bond donors (Lipinski definition) is 2. The van der Waals surface area contributed by atoms with Crippen LogP contribution in [0.25, 0.3) is 0 Å². The van der Waals surface area contributed by atoms with Crippen LogP contribution in [0.15, 0.2) is 22.9 Å². The van der Waals surface area contributed by atoms with E-state index >= 15 is 0 Å². The Morgan fingerprint density at radius 3 is 2.35 bits per heavy atom. The fourth-order valence-corrected chi connectivity index (χ4v) is 5.41. The van der Waals surface area contributed by atoms with Gasteiger partial charge in [-0.15, -0.1) is 30.8 Å². The maximum absolute atomic E-state index is 12.3. The second-order valence-corrected chi connectivity index (χ2v) is 13.1. The predicted octanol–water partition coefficient (Wildman–Crippen LogP) is -0.630. The van der Waals surface area contributed by atoms with Crippen LogP contribution in [-0.4, -0.2) is 99.8 Å². The number of amides is 4. The van der Waals surface area contributed by atoms with Crippen LogP contribution in [0.3, 0.4) is 0 Å². The van der Waals surface area contributed by atoms with Crippen LogP contribution in [-0.2, 0) is 19.2 Å². The molecule has 2 rings (SSSR count). The van der Waals surface area contributed by atoms with Crippen LogP contribution >= 0.6 is 62.3 Å². The van der Waals surface area contributed by atoms with Gasteiger partial charge in [0.25, 0.3) is 22.0 Å². The number of rotatable bonds is 14. The van der Waals surface area contributed by atoms with Gasteiger partial charge in [0.15, 0.2) is 0 Å². The maximum atomic E-state index is 12.3. The molecule has 15 heteroatoms. The molecule has 1 radical (unpaired) electrons. The van der Waals surface area contributed by atoms with E-state index in [0.29, 0.717) is 63.1 Å². The summed E-state index contributed by atoms with van der Waals surface area (Å²) in [6.45, 7) is 4.06. The van der Waals surface area contributed by atoms with Gasteiger partial charge in [0, 0.05) is 75.3 Å². The highest BCUT2D eigenvalue weighted by Gasteiger charge is 2.33. The molecule has 0 fully saturated rings. The molecular formula is C16H24B2I2N5O4P2. The Labute approximate surface area is 214 Å². The monoisotopic (exact) mass is 688 g/mol. The standard InChI is InChI=1S/C16H24B2I2N5O4P2/c19-17-31-12-10-14(27)25(16(12)29)8-7-23(4-1-21)5-2-22-3-6-24-13(26)9-11(15(24)28)18(20)30/h9-10,22,31H,1-8,21,30H2. The molecule has 0 saturated carbocycles. The minimum absolute atomic E-state index is 0.0855. The topological polar surface area (TPSA) is 116 Å². The van der Waals surface area contributed by atoms with Crippen LogP contribution in [0.5, 0.6) is 0 Å². The maximum Gasteiger partial charge on any atom is 0.278 e. The van der Waals surface area contributed by atoms with E-state index in [1.165, 1.54) is 22.0 Å². The van der Waals surface area contributed by atoms with Gasteiger partial charge in [0.2, 0.25) is 10.8 Å². The molecule has 2 aliphatic rings. The number of nitrogens with zero attached hydrogens (tertiary/aromatic N) is 3. The van der Waals surface area contributed by atoms with Gasteiger partial charge in [-0.1, -0.05) is 0 Å². The molecule has 0 aliphatic carbocycles. The lowest BCUT2D eigenvalue weighted by atomic mass is 9.94. The third-order valence-corrected chi connectivity index (χ3v) is 7.50. The van der Waals surface area contributed by atoms with Crippen molar-refractivity contribution in [3.05, 3.63) is 22.9 Å². The summed E-state index contributed by atoms with van der Waals surface area (Å²) < 4.78 is -0.0855. The van der Waals surface area contributed by atoms with Crippen molar-refractivity contribution in [2.24, 2.45) is 5.73 Å². The summed E-state index contributed by atoms with van der Waals surface area (Å²) in [5, 5.41) is 3.78. The van der Waals surface area contributed by atoms with Gasteiger partial charge in [0.1, 0.15) is 0 Å². The third kappa shape index (κ3) is 7.82. The number of nitrogens with one attached hydrogen (secondary N) is 1. The largest absolute Gasteiger partial charge is 0.329 e. The van der Waals surface area contributed by atoms with E-state index in [1.54, 1.807) is 0 Å². The summed E-state index contributed by atoms with van der Waals surface area (Å²) in [7, 11) is 2.74. The summed E-state index contributed by atoms with van der Waals surface area (Å²) in [5.74, 6) is -0.984. The molecule has 2 atom stereocenters. The van der Waals surface area contributed by atoms with E-state index in [2.05, 4.69) is 64.1 Å². The first-order valence-electron chi connectivity index (χ1n) is 9.66. The Balaban J connectivity index is 1.71. The lowest BCUT2D eigenvalue weighted by Gasteiger charge is -2.24. The molecule has 9 nitrogen and oxygen atoms in total. The summed E-state index contributed by atoms with van der Waals surface area (Å²) in [5.41, 5.74) is 6.20. The molecule has 2 aliphatic heterocycles. The molecule has 0 bridgehead atoms. The van der Waals surface area contributed by atoms with Crippen molar-refractivity contribution >= 4 is 95.1 Å². The van der Waals surface area contributed by atoms with Gasteiger partial charge in [-0.3, -0.25) is 33.9 Å². The predicted molar refractivity (Wildman–Crippen MR) is 146 cm³/mol. The number of hydrogen-bond acceptors (Lipinski definition) is 7. The van der Waals surface area contributed by atoms with Gasteiger partial charge in [0.05, 0.1) is 0 Å². The van der Waals surface area contributed by atoms with E-state index in [-0.39, 0.29) is 36.4 Å². The Bertz CT molecular complexity index is 787. The molecule has 0 saturated heterocycles. The van der Waals surface area contributed by atoms with Crippen LogP contribution < -0.4 is 11.1 Å². The normalized spacial score (nSPS) is 16.9. The van der Waals surface area contributed by atoms with Crippen molar-refractivity contribution in [3.63, 3.8) is 0 Å². The zero-order chi connectivity index (χ0) is 23.0. The van der Waals surface area contributed by atoms with Crippen LogP contribution in [0, 0.1) is 0 Å². The Hall–Kier alpha value is 0.0899. The molecule has 2 unspecified atom stereocenters. The average Bonchev–Trinajstić information content (AvgIpc) is 3.15. The van der Waals surface area contributed by atoms with Crippen molar-refractivity contribution in [1.82, 2.24) is 20.0 Å². The lowest BCUT2D eigenvalue weighted by Crippen LogP contribution is -2.43. The number of carbonyl (C=O) groups excluding carboxylic acids is 4. The van der Waals surface area contributed by atoms with Crippen molar-refractivity contribution in [2.45, 2.75) is 0 Å². The van der Waals surface area contributed by atoms with Gasteiger partial charge in [-0.05, 0) is 0 Å². The second-order valence-electron chi connectivity index (χ2n) is 6.78. The first-order valence-corrected chi connectivity index (χ1v) is 13.9. The highest BCUT2D eigenvalue weighted by Crippen LogP contribution is 2.29. The van der Waals surface area contributed by atoms with Crippen molar-refractivity contribution in [3.8, 4) is 0 Å². The lowest BCUT2D eigenvalue weighted by molar-refractivity contribution is -0.138. The molecule has 0 aromatic heterocycles. The summed E-state index contributed by atoms with van der Waals surface area (Å²) >= 11 is 4.16. The highest BCUT2D eigenvalue weighted by atomic mass is 127. The van der Waals surface area contributed by atoms with Crippen LogP contribution in [0.2, 0.25) is 0 Å². The van der Waals surface area contributed by atoms with Gasteiger partial charge < -0.3 is 11.1 Å². The molecule has 4 amide bonds. The smallest absolute Gasteiger partial charge is 0.278 e. The molecule has 31 heavy (non-hydrogen) atoms. The molecular weight excluding hydrogens is 664 g/mol. The highest BCUT2D eigenvalue weighted by molar-refractivity contribution is 14.1. The van der Waals surface area contributed by atoms with E-state index in [1.807, 2.05) is 4.86 Å². The molecule has 2 heterocycles. The fraction of sp³-hybridized carbons (Fsp3) is 0.500. The van der Waals surface area contributed by atoms with Crippen molar-refractivity contribution in [1.29, 1.82) is 0 Å². The number of imide groups is 2. The Morgan fingerprint density at radius 2 is 1.74 bits per heavy atom. The van der Waals surface area contributed by atoms with E-state index in [4.69, 9.17) is 5.73 Å². The summed E-state index contributed by atoms with van der Waals surface area (Å²) in [4.78, 5) is 55.1. The third-order valence-electron chi connectivity index (χ3n) is 4.76. The van der Waals surface area contributed by atoms with Gasteiger partial charge in [-0.2, -0.15) is 31.5 Å². The van der Waals surface area contributed by atoms with Gasteiger partial charge in [-0.25, -0.2) is 0 Å². The van der Waals surface area contributed by atoms with Crippen LogP contribution in [0.1, 0.15) is 0 Å². The first-order chi connectivity index (χ1) is 14.8. The SMILES string of the molecule is NCCN(CCNCCN1C(=O)C=C(B(P)I)C1=O)CCN1C(=O)C=C(P[B]I)C1=O. The molecule has 0 aromatic carbocycles. The van der Waals surface area contributed by atoms with E-state index in [0.717, 1.165) is 0 Å². The minimum atomic E-state index is -0.274. The van der Waals surface area contributed by atoms with E-state index < -0.39 is 0 Å². The minimum Gasteiger partial charge on any atom is -0.329 e. The average molecular weight is 688 g/mol. The number of nitrogens with two attached hydrogens (primary N) is 1. The zero-order valence-corrected chi connectivity index (χ0v) is 23.3. The molecule has 3 N–H and O–H groups in total. The van der Waals surface area contributed by atoms with Crippen molar-refractivity contribution in [2.75, 3.05) is 52.4 Å².